The molecule has 1 aromatic heterocycles. The molecule has 0 N–H and O–H groups in total. The Hall–Kier alpha value is -1.98. The summed E-state index contributed by atoms with van der Waals surface area (Å²) in [6.45, 7) is 0.0986. The molecule has 4 nitrogen and oxygen atoms in total. The van der Waals surface area contributed by atoms with Gasteiger partial charge in [-0.3, -0.25) is 4.57 Å². The Morgan fingerprint density at radius 2 is 1.88 bits per heavy atom. The minimum absolute atomic E-state index is 0.0986. The van der Waals surface area contributed by atoms with Crippen LogP contribution in [-0.4, -0.2) is 14.3 Å². The van der Waals surface area contributed by atoms with Crippen LogP contribution >= 0.6 is 0 Å². The van der Waals surface area contributed by atoms with E-state index in [0.717, 1.165) is 10.7 Å². The van der Waals surface area contributed by atoms with E-state index in [9.17, 15) is 13.6 Å². The van der Waals surface area contributed by atoms with Gasteiger partial charge in [-0.1, -0.05) is 0 Å². The maximum atomic E-state index is 12.9. The third-order valence-electron chi connectivity index (χ3n) is 2.16. The van der Waals surface area contributed by atoms with Crippen molar-refractivity contribution in [1.29, 1.82) is 0 Å². The summed E-state index contributed by atoms with van der Waals surface area (Å²) < 4.78 is 28.2. The van der Waals surface area contributed by atoms with Crippen molar-refractivity contribution in [1.82, 2.24) is 14.3 Å². The van der Waals surface area contributed by atoms with Gasteiger partial charge in [-0.2, -0.15) is 5.10 Å². The van der Waals surface area contributed by atoms with E-state index in [2.05, 4.69) is 5.10 Å². The lowest BCUT2D eigenvalue weighted by Gasteiger charge is -2.01. The van der Waals surface area contributed by atoms with Gasteiger partial charge in [-0.25, -0.2) is 18.3 Å². The first kappa shape index (κ1) is 10.5. The fourth-order valence-electron chi connectivity index (χ4n) is 1.43. The zero-order chi connectivity index (χ0) is 11.7. The number of rotatable bonds is 2. The summed E-state index contributed by atoms with van der Waals surface area (Å²) in [5.41, 5.74) is 0.0530. The standard InChI is InChI=1S/C10H9F2N3O/c1-14-10(16)15(6-13-14)5-7-2-8(11)4-9(12)3-7/h2-4,6H,5H2,1H3. The van der Waals surface area contributed by atoms with Gasteiger partial charge in [0, 0.05) is 13.1 Å². The van der Waals surface area contributed by atoms with Crippen molar-refractivity contribution < 1.29 is 8.78 Å². The SMILES string of the molecule is Cn1ncn(Cc2cc(F)cc(F)c2)c1=O. The lowest BCUT2D eigenvalue weighted by molar-refractivity contribution is 0.576. The van der Waals surface area contributed by atoms with Gasteiger partial charge in [0.15, 0.2) is 0 Å². The quantitative estimate of drug-likeness (QED) is 0.762. The van der Waals surface area contributed by atoms with Crippen LogP contribution in [0.3, 0.4) is 0 Å². The second kappa shape index (κ2) is 3.88. The van der Waals surface area contributed by atoms with Crippen molar-refractivity contribution >= 4 is 0 Å². The Kier molecular flexibility index (Phi) is 2.55. The first-order valence-corrected chi connectivity index (χ1v) is 4.59. The molecule has 0 aliphatic rings. The normalized spacial score (nSPS) is 10.7. The van der Waals surface area contributed by atoms with E-state index >= 15 is 0 Å². The van der Waals surface area contributed by atoms with Crippen molar-refractivity contribution in [2.24, 2.45) is 7.05 Å². The van der Waals surface area contributed by atoms with Crippen molar-refractivity contribution in [3.05, 3.63) is 52.2 Å². The smallest absolute Gasteiger partial charge is 0.277 e. The van der Waals surface area contributed by atoms with E-state index < -0.39 is 11.6 Å². The molecule has 16 heavy (non-hydrogen) atoms. The van der Waals surface area contributed by atoms with E-state index in [1.807, 2.05) is 0 Å². The van der Waals surface area contributed by atoms with Gasteiger partial charge in [0.25, 0.3) is 0 Å². The Morgan fingerprint density at radius 3 is 2.38 bits per heavy atom. The maximum Gasteiger partial charge on any atom is 0.345 e. The van der Waals surface area contributed by atoms with Crippen LogP contribution < -0.4 is 5.69 Å². The third kappa shape index (κ3) is 2.00. The first-order valence-electron chi connectivity index (χ1n) is 4.59. The molecule has 0 aliphatic carbocycles. The summed E-state index contributed by atoms with van der Waals surface area (Å²) in [6, 6.07) is 3.15. The molecule has 0 aliphatic heterocycles. The van der Waals surface area contributed by atoms with Gasteiger partial charge in [-0.05, 0) is 17.7 Å². The van der Waals surface area contributed by atoms with Crippen LogP contribution in [0.5, 0.6) is 0 Å². The van der Waals surface area contributed by atoms with Gasteiger partial charge >= 0.3 is 5.69 Å². The Balaban J connectivity index is 2.34. The number of halogens is 2. The summed E-state index contributed by atoms with van der Waals surface area (Å²) in [6.07, 6.45) is 1.32. The van der Waals surface area contributed by atoms with Crippen molar-refractivity contribution in [3.63, 3.8) is 0 Å². The molecule has 1 aromatic carbocycles. The molecule has 0 bridgehead atoms. The van der Waals surface area contributed by atoms with Gasteiger partial charge in [0.2, 0.25) is 0 Å². The van der Waals surface area contributed by atoms with Gasteiger partial charge in [0.05, 0.1) is 6.54 Å². The van der Waals surface area contributed by atoms with Crippen LogP contribution in [0, 0.1) is 11.6 Å². The number of aromatic nitrogens is 3. The molecule has 6 heteroatoms. The second-order valence-corrected chi connectivity index (χ2v) is 3.44. The van der Waals surface area contributed by atoms with Crippen molar-refractivity contribution in [2.75, 3.05) is 0 Å². The zero-order valence-corrected chi connectivity index (χ0v) is 8.52. The summed E-state index contributed by atoms with van der Waals surface area (Å²) in [7, 11) is 1.50. The predicted octanol–water partition coefficient (Wildman–Crippen LogP) is 0.908. The van der Waals surface area contributed by atoms with E-state index in [4.69, 9.17) is 0 Å². The van der Waals surface area contributed by atoms with Crippen LogP contribution in [0.1, 0.15) is 5.56 Å². The highest BCUT2D eigenvalue weighted by atomic mass is 19.1. The molecule has 0 amide bonds. The number of aryl methyl sites for hydroxylation is 1. The zero-order valence-electron chi connectivity index (χ0n) is 8.52. The molecule has 2 aromatic rings. The Morgan fingerprint density at radius 1 is 1.25 bits per heavy atom. The summed E-state index contributed by atoms with van der Waals surface area (Å²) in [5.74, 6) is -1.32. The highest BCUT2D eigenvalue weighted by Gasteiger charge is 2.05. The molecular weight excluding hydrogens is 216 g/mol. The van der Waals surface area contributed by atoms with Crippen LogP contribution in [0.25, 0.3) is 0 Å². The van der Waals surface area contributed by atoms with Crippen LogP contribution in [0.15, 0.2) is 29.3 Å². The van der Waals surface area contributed by atoms with Crippen molar-refractivity contribution in [3.8, 4) is 0 Å². The van der Waals surface area contributed by atoms with Crippen molar-refractivity contribution in [2.45, 2.75) is 6.54 Å². The molecule has 0 saturated heterocycles. The highest BCUT2D eigenvalue weighted by Crippen LogP contribution is 2.08. The van der Waals surface area contributed by atoms with Gasteiger partial charge in [0.1, 0.15) is 18.0 Å². The van der Waals surface area contributed by atoms with Gasteiger partial charge < -0.3 is 0 Å². The molecule has 0 fully saturated rings. The van der Waals surface area contributed by atoms with E-state index in [1.54, 1.807) is 0 Å². The molecule has 1 heterocycles. The fraction of sp³-hybridized carbons (Fsp3) is 0.200. The largest absolute Gasteiger partial charge is 0.345 e. The monoisotopic (exact) mass is 225 g/mol. The topological polar surface area (TPSA) is 39.8 Å². The number of hydrogen-bond acceptors (Lipinski definition) is 2. The fourth-order valence-corrected chi connectivity index (χ4v) is 1.43. The lowest BCUT2D eigenvalue weighted by atomic mass is 10.2. The minimum atomic E-state index is -0.660. The summed E-state index contributed by atoms with van der Waals surface area (Å²) >= 11 is 0. The molecule has 84 valence electrons. The average Bonchev–Trinajstić information content (AvgIpc) is 2.48. The van der Waals surface area contributed by atoms with Crippen LogP contribution in [-0.2, 0) is 13.6 Å². The van der Waals surface area contributed by atoms with E-state index in [1.165, 1.54) is 30.1 Å². The first-order chi connectivity index (χ1) is 7.56. The number of nitrogens with zero attached hydrogens (tertiary/aromatic N) is 3. The Bertz CT molecular complexity index is 553. The van der Waals surface area contributed by atoms with Crippen LogP contribution in [0.4, 0.5) is 8.78 Å². The third-order valence-corrected chi connectivity index (χ3v) is 2.16. The summed E-state index contributed by atoms with van der Waals surface area (Å²) in [4.78, 5) is 11.4. The minimum Gasteiger partial charge on any atom is -0.277 e. The maximum absolute atomic E-state index is 12.9. The molecule has 2 rings (SSSR count). The van der Waals surface area contributed by atoms with E-state index in [-0.39, 0.29) is 12.2 Å². The molecule has 0 saturated carbocycles. The molecular formula is C10H9F2N3O. The number of hydrogen-bond donors (Lipinski definition) is 0. The van der Waals surface area contributed by atoms with Gasteiger partial charge in [-0.15, -0.1) is 0 Å². The molecule has 0 spiro atoms. The summed E-state index contributed by atoms with van der Waals surface area (Å²) in [5, 5.41) is 3.74. The highest BCUT2D eigenvalue weighted by molar-refractivity contribution is 5.18. The molecule has 0 radical (unpaired) electrons. The number of benzene rings is 1. The van der Waals surface area contributed by atoms with Crippen LogP contribution in [0.2, 0.25) is 0 Å². The predicted molar refractivity (Wildman–Crippen MR) is 52.9 cm³/mol. The Labute approximate surface area is 89.7 Å². The molecule has 0 unspecified atom stereocenters. The van der Waals surface area contributed by atoms with E-state index in [0.29, 0.717) is 5.56 Å². The molecule has 0 atom stereocenters. The lowest BCUT2D eigenvalue weighted by Crippen LogP contribution is -2.22. The second-order valence-electron chi connectivity index (χ2n) is 3.44. The average molecular weight is 225 g/mol.